The zero-order valence-electron chi connectivity index (χ0n) is 13.3. The van der Waals surface area contributed by atoms with Gasteiger partial charge in [-0.2, -0.15) is 0 Å². The topological polar surface area (TPSA) is 98.3 Å². The van der Waals surface area contributed by atoms with Gasteiger partial charge in [0.1, 0.15) is 0 Å². The predicted octanol–water partition coefficient (Wildman–Crippen LogP) is -0.0452. The van der Waals surface area contributed by atoms with E-state index < -0.39 is 23.2 Å². The van der Waals surface area contributed by atoms with Crippen LogP contribution >= 0.6 is 0 Å². The Bertz CT molecular complexity index is 700. The molecule has 1 aromatic carbocycles. The fourth-order valence-corrected chi connectivity index (χ4v) is 3.87. The number of nitrogens with one attached hydrogen (secondary N) is 2. The summed E-state index contributed by atoms with van der Waals surface area (Å²) in [5.74, 6) is -3.15. The third-order valence-corrected chi connectivity index (χ3v) is 5.22. The van der Waals surface area contributed by atoms with Gasteiger partial charge in [-0.05, 0) is 23.8 Å². The molecule has 3 rings (SSSR count). The number of benzene rings is 1. The van der Waals surface area contributed by atoms with Crippen LogP contribution in [0, 0.1) is 23.2 Å². The largest absolute Gasteiger partial charge is 0.550 e. The second-order valence-electron chi connectivity index (χ2n) is 6.64. The number of carbonyl (C=O) groups is 3. The standard InChI is InChI=1S/C18H20N2O4/c1-18(17(23)24)13-8-7-12(10-13)15(18)16(22)20-19-14(21)9-11-5-3-2-4-6-11/h2-8,12-13,15H,9-10H2,1H3,(H,19,21)(H,20,22)(H,23,24)/p-1/t12-,13-,15-,18+/m1/s1. The Morgan fingerprint density at radius 1 is 1.17 bits per heavy atom. The van der Waals surface area contributed by atoms with Crippen LogP contribution in [0.1, 0.15) is 18.9 Å². The average molecular weight is 327 g/mol. The lowest BCUT2D eigenvalue weighted by atomic mass is 9.69. The molecule has 4 atom stereocenters. The lowest BCUT2D eigenvalue weighted by Gasteiger charge is -2.38. The molecule has 0 aliphatic heterocycles. The minimum absolute atomic E-state index is 0.134. The number of hydrogen-bond donors (Lipinski definition) is 2. The molecule has 0 unspecified atom stereocenters. The Balaban J connectivity index is 1.62. The number of hydrazine groups is 1. The Kier molecular flexibility index (Phi) is 4.13. The Hall–Kier alpha value is -2.63. The molecule has 2 aliphatic carbocycles. The summed E-state index contributed by atoms with van der Waals surface area (Å²) in [4.78, 5) is 36.0. The van der Waals surface area contributed by atoms with Gasteiger partial charge in [0.2, 0.25) is 11.8 Å². The van der Waals surface area contributed by atoms with Gasteiger partial charge in [-0.15, -0.1) is 0 Å². The van der Waals surface area contributed by atoms with Crippen molar-refractivity contribution in [3.8, 4) is 0 Å². The number of hydrogen-bond acceptors (Lipinski definition) is 4. The molecule has 1 fully saturated rings. The van der Waals surface area contributed by atoms with Crippen molar-refractivity contribution in [2.45, 2.75) is 19.8 Å². The fourth-order valence-electron chi connectivity index (χ4n) is 3.87. The Morgan fingerprint density at radius 3 is 2.54 bits per heavy atom. The molecule has 6 nitrogen and oxygen atoms in total. The lowest BCUT2D eigenvalue weighted by Crippen LogP contribution is -2.55. The number of aliphatic carboxylic acids is 1. The van der Waals surface area contributed by atoms with E-state index in [4.69, 9.17) is 0 Å². The van der Waals surface area contributed by atoms with E-state index >= 15 is 0 Å². The van der Waals surface area contributed by atoms with Gasteiger partial charge in [0.15, 0.2) is 0 Å². The summed E-state index contributed by atoms with van der Waals surface area (Å²) in [6.45, 7) is 1.55. The van der Waals surface area contributed by atoms with Gasteiger partial charge < -0.3 is 9.90 Å². The monoisotopic (exact) mass is 327 g/mol. The van der Waals surface area contributed by atoms with E-state index in [1.165, 1.54) is 0 Å². The molecular formula is C18H19N2O4-. The van der Waals surface area contributed by atoms with Crippen molar-refractivity contribution in [1.29, 1.82) is 0 Å². The number of carbonyl (C=O) groups excluding carboxylic acids is 3. The number of fused-ring (bicyclic) bond motifs is 2. The van der Waals surface area contributed by atoms with Gasteiger partial charge in [-0.1, -0.05) is 49.4 Å². The van der Waals surface area contributed by atoms with Crippen LogP contribution < -0.4 is 16.0 Å². The minimum Gasteiger partial charge on any atom is -0.550 e. The number of carboxylic acids is 1. The van der Waals surface area contributed by atoms with Crippen LogP contribution in [0.3, 0.4) is 0 Å². The molecule has 1 aromatic rings. The molecule has 1 saturated carbocycles. The summed E-state index contributed by atoms with van der Waals surface area (Å²) < 4.78 is 0. The maximum Gasteiger partial charge on any atom is 0.243 e. The summed E-state index contributed by atoms with van der Waals surface area (Å²) in [6, 6.07) is 9.14. The third kappa shape index (κ3) is 2.68. The van der Waals surface area contributed by atoms with Crippen molar-refractivity contribution in [1.82, 2.24) is 10.9 Å². The van der Waals surface area contributed by atoms with Crippen LogP contribution in [0.25, 0.3) is 0 Å². The molecule has 0 saturated heterocycles. The number of carboxylic acid groups (broad SMARTS) is 1. The van der Waals surface area contributed by atoms with E-state index in [0.29, 0.717) is 6.42 Å². The molecule has 24 heavy (non-hydrogen) atoms. The van der Waals surface area contributed by atoms with Crippen LogP contribution in [0.2, 0.25) is 0 Å². The highest BCUT2D eigenvalue weighted by molar-refractivity contribution is 5.90. The maximum atomic E-state index is 12.5. The van der Waals surface area contributed by atoms with E-state index in [1.54, 1.807) is 6.92 Å². The zero-order chi connectivity index (χ0) is 17.3. The first-order valence-electron chi connectivity index (χ1n) is 7.95. The quantitative estimate of drug-likeness (QED) is 0.598. The molecule has 2 amide bonds. The van der Waals surface area contributed by atoms with Crippen LogP contribution in [0.15, 0.2) is 42.5 Å². The van der Waals surface area contributed by atoms with Gasteiger partial charge in [-0.25, -0.2) is 0 Å². The van der Waals surface area contributed by atoms with Gasteiger partial charge >= 0.3 is 0 Å². The first-order chi connectivity index (χ1) is 11.4. The Morgan fingerprint density at radius 2 is 1.88 bits per heavy atom. The molecule has 0 aromatic heterocycles. The molecular weight excluding hydrogens is 308 g/mol. The molecule has 126 valence electrons. The summed E-state index contributed by atoms with van der Waals surface area (Å²) in [6.07, 6.45) is 4.49. The van der Waals surface area contributed by atoms with E-state index in [2.05, 4.69) is 10.9 Å². The lowest BCUT2D eigenvalue weighted by molar-refractivity contribution is -0.321. The first kappa shape index (κ1) is 16.2. The van der Waals surface area contributed by atoms with Crippen molar-refractivity contribution in [3.05, 3.63) is 48.0 Å². The van der Waals surface area contributed by atoms with E-state index in [1.807, 2.05) is 42.5 Å². The van der Waals surface area contributed by atoms with Crippen LogP contribution in [-0.2, 0) is 20.8 Å². The summed E-state index contributed by atoms with van der Waals surface area (Å²) in [5.41, 5.74) is 4.33. The van der Waals surface area contributed by atoms with Gasteiger partial charge in [-0.3, -0.25) is 20.4 Å². The molecule has 2 aliphatic rings. The smallest absolute Gasteiger partial charge is 0.243 e. The van der Waals surface area contributed by atoms with Gasteiger partial charge in [0, 0.05) is 11.4 Å². The summed E-state index contributed by atoms with van der Waals surface area (Å²) in [7, 11) is 0. The molecule has 2 bridgehead atoms. The van der Waals surface area contributed by atoms with Crippen molar-refractivity contribution < 1.29 is 19.5 Å². The van der Waals surface area contributed by atoms with Gasteiger partial charge in [0.25, 0.3) is 0 Å². The number of amides is 2. The van der Waals surface area contributed by atoms with Gasteiger partial charge in [0.05, 0.1) is 12.3 Å². The normalized spacial score (nSPS) is 30.1. The van der Waals surface area contributed by atoms with Crippen molar-refractivity contribution in [2.24, 2.45) is 23.2 Å². The van der Waals surface area contributed by atoms with E-state index in [-0.39, 0.29) is 24.2 Å². The minimum atomic E-state index is -1.24. The van der Waals surface area contributed by atoms with Crippen LogP contribution in [-0.4, -0.2) is 17.8 Å². The second-order valence-corrected chi connectivity index (χ2v) is 6.64. The fraction of sp³-hybridized carbons (Fsp3) is 0.389. The number of rotatable bonds is 4. The van der Waals surface area contributed by atoms with Crippen LogP contribution in [0.5, 0.6) is 0 Å². The molecule has 0 radical (unpaired) electrons. The molecule has 2 N–H and O–H groups in total. The molecule has 0 spiro atoms. The Labute approximate surface area is 139 Å². The molecule has 0 heterocycles. The van der Waals surface area contributed by atoms with Crippen molar-refractivity contribution in [2.75, 3.05) is 0 Å². The zero-order valence-corrected chi connectivity index (χ0v) is 13.3. The highest BCUT2D eigenvalue weighted by Crippen LogP contribution is 2.55. The average Bonchev–Trinajstić information content (AvgIpc) is 3.13. The van der Waals surface area contributed by atoms with E-state index in [0.717, 1.165) is 5.56 Å². The summed E-state index contributed by atoms with van der Waals surface area (Å²) >= 11 is 0. The summed E-state index contributed by atoms with van der Waals surface area (Å²) in [5, 5.41) is 11.6. The van der Waals surface area contributed by atoms with Crippen molar-refractivity contribution >= 4 is 17.8 Å². The predicted molar refractivity (Wildman–Crippen MR) is 83.8 cm³/mol. The highest BCUT2D eigenvalue weighted by atomic mass is 16.4. The molecule has 6 heteroatoms. The second kappa shape index (κ2) is 6.11. The highest BCUT2D eigenvalue weighted by Gasteiger charge is 2.57. The van der Waals surface area contributed by atoms with E-state index in [9.17, 15) is 19.5 Å². The van der Waals surface area contributed by atoms with Crippen molar-refractivity contribution in [3.63, 3.8) is 0 Å². The maximum absolute atomic E-state index is 12.5. The number of allylic oxidation sites excluding steroid dienone is 2. The van der Waals surface area contributed by atoms with Crippen LogP contribution in [0.4, 0.5) is 0 Å². The SMILES string of the molecule is C[C@]1(C(=O)[O-])[C@@H]2C=C[C@H](C2)[C@@H]1C(=O)NNC(=O)Cc1ccccc1. The first-order valence-corrected chi connectivity index (χ1v) is 7.95. The third-order valence-electron chi connectivity index (χ3n) is 5.22.